The number of ether oxygens (including phenoxy) is 1. The molecule has 1 aliphatic heterocycles. The number of hydrogen-bond donors (Lipinski definition) is 1. The number of rotatable bonds is 1. The maximum Gasteiger partial charge on any atom is 0.112 e. The Labute approximate surface area is 124 Å². The highest BCUT2D eigenvalue weighted by Crippen LogP contribution is 2.57. The summed E-state index contributed by atoms with van der Waals surface area (Å²) in [5, 5.41) is 11.4. The summed E-state index contributed by atoms with van der Waals surface area (Å²) in [6.45, 7) is 11.0. The van der Waals surface area contributed by atoms with E-state index in [4.69, 9.17) is 4.74 Å². The summed E-state index contributed by atoms with van der Waals surface area (Å²) < 4.78 is 7.01. The highest BCUT2D eigenvalue weighted by molar-refractivity contribution is 9.10. The minimum absolute atomic E-state index is 0.259. The fourth-order valence-electron chi connectivity index (χ4n) is 3.26. The van der Waals surface area contributed by atoms with Crippen molar-refractivity contribution in [3.8, 4) is 0 Å². The molecule has 106 valence electrons. The molecule has 1 aliphatic rings. The molecule has 0 bridgehead atoms. The van der Waals surface area contributed by atoms with E-state index >= 15 is 0 Å². The molecule has 2 atom stereocenters. The quantitative estimate of drug-likeness (QED) is 0.832. The van der Waals surface area contributed by atoms with Gasteiger partial charge >= 0.3 is 0 Å². The lowest BCUT2D eigenvalue weighted by molar-refractivity contribution is -0.149. The predicted molar refractivity (Wildman–Crippen MR) is 81.0 cm³/mol. The van der Waals surface area contributed by atoms with Crippen LogP contribution in [-0.4, -0.2) is 17.3 Å². The zero-order chi connectivity index (χ0) is 14.5. The molecule has 0 amide bonds. The van der Waals surface area contributed by atoms with E-state index in [0.29, 0.717) is 6.61 Å². The fraction of sp³-hybridized carbons (Fsp3) is 0.625. The van der Waals surface area contributed by atoms with Crippen LogP contribution in [-0.2, 0) is 4.74 Å². The van der Waals surface area contributed by atoms with Crippen molar-refractivity contribution < 1.29 is 9.84 Å². The lowest BCUT2D eigenvalue weighted by Gasteiger charge is -2.48. The topological polar surface area (TPSA) is 29.5 Å². The van der Waals surface area contributed by atoms with Crippen molar-refractivity contribution in [1.82, 2.24) is 0 Å². The van der Waals surface area contributed by atoms with E-state index in [-0.39, 0.29) is 16.9 Å². The molecular formula is C16H23BrO2. The van der Waals surface area contributed by atoms with Crippen LogP contribution in [0, 0.1) is 10.8 Å². The Kier molecular flexibility index (Phi) is 3.62. The van der Waals surface area contributed by atoms with Gasteiger partial charge in [0, 0.05) is 9.89 Å². The second kappa shape index (κ2) is 4.57. The van der Waals surface area contributed by atoms with Gasteiger partial charge in [-0.05, 0) is 23.1 Å². The molecule has 0 aliphatic carbocycles. The van der Waals surface area contributed by atoms with Gasteiger partial charge in [0.1, 0.15) is 11.7 Å². The molecule has 19 heavy (non-hydrogen) atoms. The van der Waals surface area contributed by atoms with Crippen LogP contribution in [0.1, 0.15) is 46.3 Å². The van der Waals surface area contributed by atoms with Gasteiger partial charge in [-0.3, -0.25) is 0 Å². The molecule has 1 N–H and O–H groups in total. The molecule has 1 aromatic rings. The number of benzene rings is 1. The molecule has 1 saturated heterocycles. The highest BCUT2D eigenvalue weighted by Gasteiger charge is 2.61. The summed E-state index contributed by atoms with van der Waals surface area (Å²) in [7, 11) is 0. The first kappa shape index (κ1) is 15.0. The van der Waals surface area contributed by atoms with E-state index < -0.39 is 5.60 Å². The molecular weight excluding hydrogens is 304 g/mol. The molecule has 2 rings (SSSR count). The van der Waals surface area contributed by atoms with Crippen molar-refractivity contribution in [1.29, 1.82) is 0 Å². The number of hydrogen-bond acceptors (Lipinski definition) is 2. The molecule has 0 saturated carbocycles. The van der Waals surface area contributed by atoms with Gasteiger partial charge in [-0.25, -0.2) is 0 Å². The van der Waals surface area contributed by atoms with Gasteiger partial charge in [0.05, 0.1) is 6.61 Å². The lowest BCUT2D eigenvalue weighted by Crippen LogP contribution is -2.54. The number of halogens is 1. The summed E-state index contributed by atoms with van der Waals surface area (Å²) in [6, 6.07) is 8.03. The third kappa shape index (κ3) is 2.26. The van der Waals surface area contributed by atoms with Crippen LogP contribution in [0.5, 0.6) is 0 Å². The van der Waals surface area contributed by atoms with Gasteiger partial charge in [-0.15, -0.1) is 0 Å². The third-order valence-electron chi connectivity index (χ3n) is 4.34. The summed E-state index contributed by atoms with van der Waals surface area (Å²) >= 11 is 3.44. The molecule has 1 aromatic carbocycles. The minimum Gasteiger partial charge on any atom is -0.386 e. The Morgan fingerprint density at radius 2 is 1.74 bits per heavy atom. The molecule has 0 spiro atoms. The standard InChI is InChI=1S/C16H23BrO2/c1-14(2,3)16(18)13(19-10-15(16,4)5)11-6-8-12(17)9-7-11/h6-9,13,18H,10H2,1-5H3/t13-,16-/m0/s1. The van der Waals surface area contributed by atoms with Crippen LogP contribution in [0.15, 0.2) is 28.7 Å². The van der Waals surface area contributed by atoms with Gasteiger partial charge in [0.15, 0.2) is 0 Å². The second-order valence-electron chi connectivity index (χ2n) is 7.14. The zero-order valence-electron chi connectivity index (χ0n) is 12.3. The smallest absolute Gasteiger partial charge is 0.112 e. The Bertz CT molecular complexity index is 459. The minimum atomic E-state index is -0.895. The Morgan fingerprint density at radius 3 is 2.21 bits per heavy atom. The van der Waals surface area contributed by atoms with Crippen LogP contribution < -0.4 is 0 Å². The first-order valence-electron chi connectivity index (χ1n) is 6.69. The predicted octanol–water partition coefficient (Wildman–Crippen LogP) is 4.32. The zero-order valence-corrected chi connectivity index (χ0v) is 13.9. The normalized spacial score (nSPS) is 30.6. The number of aliphatic hydroxyl groups is 1. The summed E-state index contributed by atoms with van der Waals surface area (Å²) in [5.41, 5.74) is -0.395. The van der Waals surface area contributed by atoms with E-state index in [2.05, 4.69) is 50.5 Å². The fourth-order valence-corrected chi connectivity index (χ4v) is 3.52. The van der Waals surface area contributed by atoms with E-state index in [1.807, 2.05) is 24.3 Å². The average Bonchev–Trinajstić information content (AvgIpc) is 2.53. The van der Waals surface area contributed by atoms with Gasteiger partial charge in [-0.2, -0.15) is 0 Å². The van der Waals surface area contributed by atoms with Crippen molar-refractivity contribution in [3.63, 3.8) is 0 Å². The maximum absolute atomic E-state index is 11.4. The molecule has 3 heteroatoms. The van der Waals surface area contributed by atoms with E-state index in [1.165, 1.54) is 0 Å². The summed E-state index contributed by atoms with van der Waals surface area (Å²) in [6.07, 6.45) is -0.282. The first-order chi connectivity index (χ1) is 8.59. The van der Waals surface area contributed by atoms with Crippen LogP contribution in [0.25, 0.3) is 0 Å². The van der Waals surface area contributed by atoms with Crippen molar-refractivity contribution in [2.45, 2.75) is 46.3 Å². The average molecular weight is 327 g/mol. The highest BCUT2D eigenvalue weighted by atomic mass is 79.9. The Balaban J connectivity index is 2.49. The van der Waals surface area contributed by atoms with Gasteiger partial charge < -0.3 is 9.84 Å². The van der Waals surface area contributed by atoms with Gasteiger partial charge in [-0.1, -0.05) is 62.7 Å². The van der Waals surface area contributed by atoms with Crippen molar-refractivity contribution in [2.24, 2.45) is 10.8 Å². The Morgan fingerprint density at radius 1 is 1.21 bits per heavy atom. The lowest BCUT2D eigenvalue weighted by atomic mass is 9.60. The first-order valence-corrected chi connectivity index (χ1v) is 7.48. The van der Waals surface area contributed by atoms with Crippen molar-refractivity contribution in [3.05, 3.63) is 34.3 Å². The summed E-state index contributed by atoms with van der Waals surface area (Å²) in [4.78, 5) is 0. The molecule has 1 fully saturated rings. The van der Waals surface area contributed by atoms with Crippen LogP contribution in [0.3, 0.4) is 0 Å². The largest absolute Gasteiger partial charge is 0.386 e. The molecule has 0 unspecified atom stereocenters. The molecule has 2 nitrogen and oxygen atoms in total. The van der Waals surface area contributed by atoms with E-state index in [0.717, 1.165) is 10.0 Å². The molecule has 0 radical (unpaired) electrons. The van der Waals surface area contributed by atoms with Gasteiger partial charge in [0.25, 0.3) is 0 Å². The summed E-state index contributed by atoms with van der Waals surface area (Å²) in [5.74, 6) is 0. The van der Waals surface area contributed by atoms with E-state index in [9.17, 15) is 5.11 Å². The van der Waals surface area contributed by atoms with Crippen molar-refractivity contribution >= 4 is 15.9 Å². The second-order valence-corrected chi connectivity index (χ2v) is 8.06. The molecule has 0 aromatic heterocycles. The van der Waals surface area contributed by atoms with Crippen LogP contribution in [0.2, 0.25) is 0 Å². The third-order valence-corrected chi connectivity index (χ3v) is 4.87. The Hall–Kier alpha value is -0.380. The van der Waals surface area contributed by atoms with Crippen molar-refractivity contribution in [2.75, 3.05) is 6.61 Å². The SMILES string of the molecule is CC(C)(C)[C@@]1(O)[C@H](c2ccc(Br)cc2)OCC1(C)C. The van der Waals surface area contributed by atoms with Gasteiger partial charge in [0.2, 0.25) is 0 Å². The van der Waals surface area contributed by atoms with Crippen LogP contribution in [0.4, 0.5) is 0 Å². The monoisotopic (exact) mass is 326 g/mol. The van der Waals surface area contributed by atoms with Crippen LogP contribution >= 0.6 is 15.9 Å². The van der Waals surface area contributed by atoms with E-state index in [1.54, 1.807) is 0 Å². The molecule has 1 heterocycles. The maximum atomic E-state index is 11.4.